The molecule has 154 valence electrons. The molecule has 0 unspecified atom stereocenters. The van der Waals surface area contributed by atoms with Crippen LogP contribution in [0.1, 0.15) is 34.3 Å². The molecule has 29 heavy (non-hydrogen) atoms. The molecule has 0 spiro atoms. The Bertz CT molecular complexity index is 1060. The number of hydrogen-bond donors (Lipinski definition) is 1. The number of halogens is 1. The van der Waals surface area contributed by atoms with Gasteiger partial charge in [-0.3, -0.25) is 9.59 Å². The highest BCUT2D eigenvalue weighted by Crippen LogP contribution is 2.26. The molecule has 6 nitrogen and oxygen atoms in total. The Labute approximate surface area is 175 Å². The standard InChI is InChI=1S/C21H23ClN2O4S/c1-24(2)21(26)18-13-16(7-9-19(18)22)23-20(25)10-11-29(27,28)17-8-6-14-4-3-5-15(14)12-17/h6-9,12-13H,3-5,10-11H2,1-2H3,(H,23,25). The van der Waals surface area contributed by atoms with Crippen LogP contribution in [0.4, 0.5) is 5.69 Å². The Morgan fingerprint density at radius 1 is 1.07 bits per heavy atom. The van der Waals surface area contributed by atoms with E-state index < -0.39 is 15.7 Å². The topological polar surface area (TPSA) is 83.6 Å². The molecule has 1 aliphatic rings. The van der Waals surface area contributed by atoms with Crippen LogP contribution in [-0.4, -0.2) is 45.0 Å². The molecule has 0 aromatic heterocycles. The van der Waals surface area contributed by atoms with E-state index >= 15 is 0 Å². The van der Waals surface area contributed by atoms with Gasteiger partial charge in [-0.2, -0.15) is 0 Å². The zero-order valence-electron chi connectivity index (χ0n) is 16.4. The molecule has 0 aliphatic heterocycles. The van der Waals surface area contributed by atoms with Gasteiger partial charge in [0.15, 0.2) is 9.84 Å². The summed E-state index contributed by atoms with van der Waals surface area (Å²) in [6.45, 7) is 0. The van der Waals surface area contributed by atoms with Gasteiger partial charge in [-0.15, -0.1) is 0 Å². The van der Waals surface area contributed by atoms with Crippen LogP contribution >= 0.6 is 11.6 Å². The Morgan fingerprint density at radius 2 is 1.79 bits per heavy atom. The SMILES string of the molecule is CN(C)C(=O)c1cc(NC(=O)CCS(=O)(=O)c2ccc3c(c2)CCC3)ccc1Cl. The third-order valence-electron chi connectivity index (χ3n) is 4.91. The van der Waals surface area contributed by atoms with Crippen LogP contribution in [0.3, 0.4) is 0 Å². The molecule has 0 bridgehead atoms. The van der Waals surface area contributed by atoms with Crippen LogP contribution in [0, 0.1) is 0 Å². The first-order chi connectivity index (χ1) is 13.7. The average molecular weight is 435 g/mol. The Hall–Kier alpha value is -2.38. The highest BCUT2D eigenvalue weighted by Gasteiger charge is 2.20. The number of carbonyl (C=O) groups excluding carboxylic acids is 2. The summed E-state index contributed by atoms with van der Waals surface area (Å²) in [4.78, 5) is 26.1. The molecule has 1 aliphatic carbocycles. The molecule has 0 saturated heterocycles. The monoisotopic (exact) mass is 434 g/mol. The van der Waals surface area contributed by atoms with Gasteiger partial charge in [-0.25, -0.2) is 8.42 Å². The molecule has 0 atom stereocenters. The van der Waals surface area contributed by atoms with Crippen LogP contribution in [0.2, 0.25) is 5.02 Å². The van der Waals surface area contributed by atoms with Crippen LogP contribution in [0.15, 0.2) is 41.3 Å². The summed E-state index contributed by atoms with van der Waals surface area (Å²) in [5, 5.41) is 2.91. The number of amides is 2. The fourth-order valence-corrected chi connectivity index (χ4v) is 4.80. The maximum Gasteiger partial charge on any atom is 0.254 e. The van der Waals surface area contributed by atoms with Crippen LogP contribution in [0.25, 0.3) is 0 Å². The van der Waals surface area contributed by atoms with Crippen molar-refractivity contribution >= 4 is 38.9 Å². The maximum atomic E-state index is 12.6. The van der Waals surface area contributed by atoms with Crippen molar-refractivity contribution in [3.63, 3.8) is 0 Å². The van der Waals surface area contributed by atoms with Gasteiger partial charge in [0.2, 0.25) is 5.91 Å². The number of aryl methyl sites for hydroxylation is 2. The van der Waals surface area contributed by atoms with E-state index in [1.165, 1.54) is 22.6 Å². The van der Waals surface area contributed by atoms with Gasteiger partial charge in [-0.1, -0.05) is 17.7 Å². The molecule has 0 radical (unpaired) electrons. The Morgan fingerprint density at radius 3 is 2.52 bits per heavy atom. The number of nitrogens with one attached hydrogen (secondary N) is 1. The van der Waals surface area contributed by atoms with Crippen molar-refractivity contribution in [2.24, 2.45) is 0 Å². The van der Waals surface area contributed by atoms with E-state index in [1.54, 1.807) is 32.3 Å². The molecule has 3 rings (SSSR count). The molecule has 1 N–H and O–H groups in total. The smallest absolute Gasteiger partial charge is 0.254 e. The van der Waals surface area contributed by atoms with Gasteiger partial charge in [0.05, 0.1) is 21.2 Å². The largest absolute Gasteiger partial charge is 0.345 e. The second kappa shape index (κ2) is 8.55. The lowest BCUT2D eigenvalue weighted by molar-refractivity contribution is -0.115. The summed E-state index contributed by atoms with van der Waals surface area (Å²) >= 11 is 6.06. The van der Waals surface area contributed by atoms with Gasteiger partial charge in [-0.05, 0) is 60.7 Å². The first-order valence-corrected chi connectivity index (χ1v) is 11.4. The molecule has 2 aromatic rings. The number of carbonyl (C=O) groups is 2. The van der Waals surface area contributed by atoms with E-state index in [0.29, 0.717) is 5.69 Å². The van der Waals surface area contributed by atoms with E-state index in [9.17, 15) is 18.0 Å². The number of nitrogens with zero attached hydrogens (tertiary/aromatic N) is 1. The molecule has 0 heterocycles. The molecule has 2 amide bonds. The van der Waals surface area contributed by atoms with Gasteiger partial charge < -0.3 is 10.2 Å². The predicted molar refractivity (Wildman–Crippen MR) is 113 cm³/mol. The molecule has 0 fully saturated rings. The maximum absolute atomic E-state index is 12.6. The Balaban J connectivity index is 1.65. The van der Waals surface area contributed by atoms with Crippen molar-refractivity contribution in [1.29, 1.82) is 0 Å². The van der Waals surface area contributed by atoms with Crippen molar-refractivity contribution in [3.05, 3.63) is 58.1 Å². The third kappa shape index (κ3) is 4.97. The second-order valence-corrected chi connectivity index (χ2v) is 9.81. The minimum absolute atomic E-state index is 0.182. The summed E-state index contributed by atoms with van der Waals surface area (Å²) in [5.74, 6) is -1.01. The van der Waals surface area contributed by atoms with Crippen LogP contribution in [-0.2, 0) is 27.5 Å². The molecule has 0 saturated carbocycles. The molecule has 2 aromatic carbocycles. The van der Waals surface area contributed by atoms with E-state index in [4.69, 9.17) is 11.6 Å². The fraction of sp³-hybridized carbons (Fsp3) is 0.333. The number of benzene rings is 2. The highest BCUT2D eigenvalue weighted by molar-refractivity contribution is 7.91. The average Bonchev–Trinajstić information content (AvgIpc) is 3.15. The summed E-state index contributed by atoms with van der Waals surface area (Å²) in [6.07, 6.45) is 2.74. The molecular weight excluding hydrogens is 412 g/mol. The number of anilines is 1. The number of hydrogen-bond acceptors (Lipinski definition) is 4. The second-order valence-electron chi connectivity index (χ2n) is 7.30. The summed E-state index contributed by atoms with van der Waals surface area (Å²) in [6, 6.07) is 9.80. The summed E-state index contributed by atoms with van der Waals surface area (Å²) in [5.41, 5.74) is 2.93. The van der Waals surface area contributed by atoms with Gasteiger partial charge in [0.1, 0.15) is 0 Å². The van der Waals surface area contributed by atoms with Crippen molar-refractivity contribution < 1.29 is 18.0 Å². The highest BCUT2D eigenvalue weighted by atomic mass is 35.5. The number of rotatable bonds is 6. The summed E-state index contributed by atoms with van der Waals surface area (Å²) < 4.78 is 25.2. The first-order valence-electron chi connectivity index (χ1n) is 9.33. The summed E-state index contributed by atoms with van der Waals surface area (Å²) in [7, 11) is -0.342. The lowest BCUT2D eigenvalue weighted by atomic mass is 10.1. The van der Waals surface area contributed by atoms with Crippen molar-refractivity contribution in [2.45, 2.75) is 30.6 Å². The zero-order chi connectivity index (χ0) is 21.2. The number of sulfone groups is 1. The van der Waals surface area contributed by atoms with E-state index in [1.807, 2.05) is 6.07 Å². The van der Waals surface area contributed by atoms with E-state index in [-0.39, 0.29) is 33.6 Å². The number of fused-ring (bicyclic) bond motifs is 1. The van der Waals surface area contributed by atoms with E-state index in [0.717, 1.165) is 24.8 Å². The normalized spacial score (nSPS) is 13.1. The minimum Gasteiger partial charge on any atom is -0.345 e. The van der Waals surface area contributed by atoms with Crippen molar-refractivity contribution in [3.8, 4) is 0 Å². The third-order valence-corrected chi connectivity index (χ3v) is 6.96. The van der Waals surface area contributed by atoms with Crippen molar-refractivity contribution in [2.75, 3.05) is 25.2 Å². The molecule has 8 heteroatoms. The lowest BCUT2D eigenvalue weighted by Crippen LogP contribution is -2.22. The minimum atomic E-state index is -3.55. The van der Waals surface area contributed by atoms with Gasteiger partial charge in [0.25, 0.3) is 5.91 Å². The van der Waals surface area contributed by atoms with E-state index in [2.05, 4.69) is 5.32 Å². The fourth-order valence-electron chi connectivity index (χ4n) is 3.32. The van der Waals surface area contributed by atoms with Gasteiger partial charge in [0, 0.05) is 26.2 Å². The quantitative estimate of drug-likeness (QED) is 0.755. The van der Waals surface area contributed by atoms with Gasteiger partial charge >= 0.3 is 0 Å². The predicted octanol–water partition coefficient (Wildman–Crippen LogP) is 3.33. The Kier molecular flexibility index (Phi) is 6.29. The van der Waals surface area contributed by atoms with Crippen LogP contribution in [0.5, 0.6) is 0 Å². The first kappa shape index (κ1) is 21.3. The van der Waals surface area contributed by atoms with Crippen molar-refractivity contribution in [1.82, 2.24) is 4.90 Å². The molecular formula is C21H23ClN2O4S. The van der Waals surface area contributed by atoms with Crippen LogP contribution < -0.4 is 5.32 Å². The lowest BCUT2D eigenvalue weighted by Gasteiger charge is -2.13. The zero-order valence-corrected chi connectivity index (χ0v) is 17.9.